The number of hydrogen-bond donors (Lipinski definition) is 3. The second-order valence-electron chi connectivity index (χ2n) is 6.15. The van der Waals surface area contributed by atoms with Crippen LogP contribution in [0.15, 0.2) is 40.2 Å². The maximum Gasteiger partial charge on any atom is 0.222 e. The van der Waals surface area contributed by atoms with E-state index in [9.17, 15) is 4.79 Å². The lowest BCUT2D eigenvalue weighted by molar-refractivity contribution is -0.121. The van der Waals surface area contributed by atoms with Crippen LogP contribution in [0.1, 0.15) is 39.0 Å². The standard InChI is InChI=1S/C19H30N4OS.HI/c1-2-20-19(22-14-15-25-17-10-4-3-5-11-17)21-13-12-18(24)23-16-8-6-7-9-16;/h3-5,10-11,16H,2,6-9,12-15H2,1H3,(H,23,24)(H2,20,21,22);1H. The Labute approximate surface area is 178 Å². The quantitative estimate of drug-likeness (QED) is 0.163. The first-order chi connectivity index (χ1) is 12.3. The van der Waals surface area contributed by atoms with Crippen molar-refractivity contribution < 1.29 is 4.79 Å². The number of rotatable bonds is 9. The fourth-order valence-corrected chi connectivity index (χ4v) is 3.63. The molecule has 5 nitrogen and oxygen atoms in total. The van der Waals surface area contributed by atoms with Gasteiger partial charge >= 0.3 is 0 Å². The number of hydrogen-bond acceptors (Lipinski definition) is 3. The van der Waals surface area contributed by atoms with Crippen LogP contribution in [-0.4, -0.2) is 43.3 Å². The summed E-state index contributed by atoms with van der Waals surface area (Å²) >= 11 is 1.82. The number of halogens is 1. The van der Waals surface area contributed by atoms with Gasteiger partial charge in [0.1, 0.15) is 0 Å². The van der Waals surface area contributed by atoms with Gasteiger partial charge in [-0.05, 0) is 31.9 Å². The van der Waals surface area contributed by atoms with Crippen LogP contribution < -0.4 is 16.0 Å². The van der Waals surface area contributed by atoms with E-state index in [1.807, 2.05) is 24.8 Å². The van der Waals surface area contributed by atoms with Crippen molar-refractivity contribution in [2.45, 2.75) is 50.0 Å². The average molecular weight is 490 g/mol. The Morgan fingerprint density at radius 1 is 1.19 bits per heavy atom. The molecule has 0 atom stereocenters. The van der Waals surface area contributed by atoms with Gasteiger partial charge in [-0.25, -0.2) is 0 Å². The number of nitrogens with zero attached hydrogens (tertiary/aromatic N) is 1. The second-order valence-corrected chi connectivity index (χ2v) is 7.32. The van der Waals surface area contributed by atoms with Crippen molar-refractivity contribution in [1.82, 2.24) is 16.0 Å². The van der Waals surface area contributed by atoms with E-state index in [0.717, 1.165) is 37.6 Å². The summed E-state index contributed by atoms with van der Waals surface area (Å²) in [5.41, 5.74) is 0. The molecule has 146 valence electrons. The Kier molecular flexibility index (Phi) is 12.6. The highest BCUT2D eigenvalue weighted by Crippen LogP contribution is 2.17. The molecule has 0 radical (unpaired) electrons. The van der Waals surface area contributed by atoms with E-state index < -0.39 is 0 Å². The van der Waals surface area contributed by atoms with Gasteiger partial charge in [0.15, 0.2) is 5.96 Å². The summed E-state index contributed by atoms with van der Waals surface area (Å²) in [6, 6.07) is 10.8. The summed E-state index contributed by atoms with van der Waals surface area (Å²) < 4.78 is 0. The third kappa shape index (κ3) is 9.66. The molecule has 1 amide bonds. The minimum Gasteiger partial charge on any atom is -0.357 e. The fourth-order valence-electron chi connectivity index (χ4n) is 2.84. The third-order valence-corrected chi connectivity index (χ3v) is 5.09. The lowest BCUT2D eigenvalue weighted by Gasteiger charge is -2.12. The molecule has 0 aliphatic heterocycles. The van der Waals surface area contributed by atoms with Crippen molar-refractivity contribution in [3.05, 3.63) is 30.3 Å². The minimum absolute atomic E-state index is 0. The van der Waals surface area contributed by atoms with Crippen molar-refractivity contribution in [2.24, 2.45) is 4.99 Å². The van der Waals surface area contributed by atoms with Crippen LogP contribution in [-0.2, 0) is 4.79 Å². The van der Waals surface area contributed by atoms with E-state index in [4.69, 9.17) is 0 Å². The Balaban J connectivity index is 0.00000338. The number of aliphatic imine (C=N–C) groups is 1. The van der Waals surface area contributed by atoms with Gasteiger partial charge < -0.3 is 16.0 Å². The maximum atomic E-state index is 11.9. The molecule has 0 unspecified atom stereocenters. The van der Waals surface area contributed by atoms with Gasteiger partial charge in [0.25, 0.3) is 0 Å². The summed E-state index contributed by atoms with van der Waals surface area (Å²) in [4.78, 5) is 17.7. The van der Waals surface area contributed by atoms with Gasteiger partial charge in [-0.15, -0.1) is 35.7 Å². The zero-order valence-corrected chi connectivity index (χ0v) is 18.6. The third-order valence-electron chi connectivity index (χ3n) is 4.08. The molecule has 3 N–H and O–H groups in total. The smallest absolute Gasteiger partial charge is 0.222 e. The Morgan fingerprint density at radius 2 is 1.92 bits per heavy atom. The van der Waals surface area contributed by atoms with E-state index in [-0.39, 0.29) is 29.9 Å². The number of thioether (sulfide) groups is 1. The van der Waals surface area contributed by atoms with Crippen LogP contribution in [0.2, 0.25) is 0 Å². The van der Waals surface area contributed by atoms with Crippen molar-refractivity contribution in [3.63, 3.8) is 0 Å². The maximum absolute atomic E-state index is 11.9. The van der Waals surface area contributed by atoms with Gasteiger partial charge in [-0.3, -0.25) is 9.79 Å². The average Bonchev–Trinajstić information content (AvgIpc) is 3.12. The van der Waals surface area contributed by atoms with Crippen molar-refractivity contribution in [3.8, 4) is 0 Å². The van der Waals surface area contributed by atoms with Crippen LogP contribution in [0.5, 0.6) is 0 Å². The van der Waals surface area contributed by atoms with Crippen LogP contribution in [0.4, 0.5) is 0 Å². The normalized spacial score (nSPS) is 14.6. The lowest BCUT2D eigenvalue weighted by Crippen LogP contribution is -2.39. The molecule has 0 saturated heterocycles. The largest absolute Gasteiger partial charge is 0.357 e. The van der Waals surface area contributed by atoms with E-state index in [0.29, 0.717) is 19.0 Å². The predicted octanol–water partition coefficient (Wildman–Crippen LogP) is 3.40. The van der Waals surface area contributed by atoms with E-state index in [1.54, 1.807) is 0 Å². The SMILES string of the molecule is CCNC(=NCCC(=O)NC1CCCC1)NCCSc1ccccc1.I. The summed E-state index contributed by atoms with van der Waals surface area (Å²) in [5.74, 6) is 1.87. The first kappa shape index (κ1) is 23.1. The second kappa shape index (κ2) is 14.1. The molecular formula is C19H31IN4OS. The molecule has 1 aromatic carbocycles. The molecule has 0 bridgehead atoms. The van der Waals surface area contributed by atoms with Gasteiger partial charge in [-0.2, -0.15) is 0 Å². The molecular weight excluding hydrogens is 459 g/mol. The van der Waals surface area contributed by atoms with Crippen LogP contribution >= 0.6 is 35.7 Å². The summed E-state index contributed by atoms with van der Waals surface area (Å²) in [6.45, 7) is 4.20. The molecule has 1 aliphatic rings. The molecule has 0 spiro atoms. The van der Waals surface area contributed by atoms with Crippen molar-refractivity contribution >= 4 is 47.6 Å². The van der Waals surface area contributed by atoms with Crippen molar-refractivity contribution in [1.29, 1.82) is 0 Å². The molecule has 26 heavy (non-hydrogen) atoms. The van der Waals surface area contributed by atoms with Crippen molar-refractivity contribution in [2.75, 3.05) is 25.4 Å². The number of carbonyl (C=O) groups is 1. The minimum atomic E-state index is 0. The highest BCUT2D eigenvalue weighted by Gasteiger charge is 2.16. The van der Waals surface area contributed by atoms with Gasteiger partial charge in [-0.1, -0.05) is 31.0 Å². The molecule has 7 heteroatoms. The van der Waals surface area contributed by atoms with E-state index in [1.165, 1.54) is 17.7 Å². The monoisotopic (exact) mass is 490 g/mol. The summed E-state index contributed by atoms with van der Waals surface area (Å²) in [7, 11) is 0. The zero-order valence-electron chi connectivity index (χ0n) is 15.5. The summed E-state index contributed by atoms with van der Waals surface area (Å²) in [5, 5.41) is 9.65. The highest BCUT2D eigenvalue weighted by atomic mass is 127. The fraction of sp³-hybridized carbons (Fsp3) is 0.579. The van der Waals surface area contributed by atoms with Crippen LogP contribution in [0.25, 0.3) is 0 Å². The molecule has 1 aromatic rings. The predicted molar refractivity (Wildman–Crippen MR) is 122 cm³/mol. The van der Waals surface area contributed by atoms with Gasteiger partial charge in [0, 0.05) is 36.2 Å². The summed E-state index contributed by atoms with van der Waals surface area (Å²) in [6.07, 6.45) is 5.17. The number of carbonyl (C=O) groups excluding carboxylic acids is 1. The lowest BCUT2D eigenvalue weighted by atomic mass is 10.2. The van der Waals surface area contributed by atoms with Crippen LogP contribution in [0, 0.1) is 0 Å². The molecule has 1 saturated carbocycles. The topological polar surface area (TPSA) is 65.5 Å². The highest BCUT2D eigenvalue weighted by molar-refractivity contribution is 14.0. The number of benzene rings is 1. The first-order valence-electron chi connectivity index (χ1n) is 9.27. The molecule has 2 rings (SSSR count). The zero-order chi connectivity index (χ0) is 17.7. The molecule has 1 fully saturated rings. The number of nitrogens with one attached hydrogen (secondary N) is 3. The Morgan fingerprint density at radius 3 is 2.62 bits per heavy atom. The van der Waals surface area contributed by atoms with E-state index in [2.05, 4.69) is 45.2 Å². The van der Waals surface area contributed by atoms with Crippen LogP contribution in [0.3, 0.4) is 0 Å². The first-order valence-corrected chi connectivity index (χ1v) is 10.3. The molecule has 0 aromatic heterocycles. The number of amides is 1. The Hall–Kier alpha value is -0.960. The number of guanidine groups is 1. The van der Waals surface area contributed by atoms with Gasteiger partial charge in [0.05, 0.1) is 6.54 Å². The molecule has 0 heterocycles. The van der Waals surface area contributed by atoms with Gasteiger partial charge in [0.2, 0.25) is 5.91 Å². The Bertz CT molecular complexity index is 536. The van der Waals surface area contributed by atoms with E-state index >= 15 is 0 Å². The molecule has 1 aliphatic carbocycles.